The van der Waals surface area contributed by atoms with E-state index >= 15 is 0 Å². The molecule has 0 atom stereocenters. The zero-order valence-electron chi connectivity index (χ0n) is 15.6. The number of nitrogens with zero attached hydrogens (tertiary/aromatic N) is 2. The number of para-hydroxylation sites is 1. The van der Waals surface area contributed by atoms with Gasteiger partial charge in [0, 0.05) is 47.7 Å². The quantitative estimate of drug-likeness (QED) is 0.517. The van der Waals surface area contributed by atoms with Crippen LogP contribution in [0, 0.1) is 0 Å². The van der Waals surface area contributed by atoms with E-state index in [4.69, 9.17) is 0 Å². The topological polar surface area (TPSA) is 32.8 Å². The highest BCUT2D eigenvalue weighted by atomic mass is 35.5. The molecular weight excluding hydrogens is 438 g/mol. The second-order valence-electron chi connectivity index (χ2n) is 6.67. The van der Waals surface area contributed by atoms with Crippen LogP contribution >= 0.6 is 35.1 Å². The molecule has 2 aromatic heterocycles. The molecule has 0 radical (unpaired) electrons. The molecule has 1 saturated heterocycles. The second-order valence-corrected chi connectivity index (χ2v) is 8.70. The molecule has 156 valence electrons. The highest BCUT2D eigenvalue weighted by molar-refractivity contribution is 7.27. The van der Waals surface area contributed by atoms with Crippen molar-refractivity contribution in [1.29, 1.82) is 0 Å². The van der Waals surface area contributed by atoms with E-state index in [1.54, 1.807) is 34.8 Å². The Kier molecular flexibility index (Phi) is 7.45. The van der Waals surface area contributed by atoms with Gasteiger partial charge in [0.15, 0.2) is 0 Å². The lowest BCUT2D eigenvalue weighted by molar-refractivity contribution is -0.0507. The maximum atomic E-state index is 12.9. The molecule has 3 heterocycles. The smallest absolute Gasteiger partial charge is 0.387 e. The van der Waals surface area contributed by atoms with Crippen molar-refractivity contribution in [3.63, 3.8) is 0 Å². The van der Waals surface area contributed by atoms with E-state index < -0.39 is 6.61 Å². The molecule has 1 amide bonds. The summed E-state index contributed by atoms with van der Waals surface area (Å²) in [4.78, 5) is 17.8. The Morgan fingerprint density at radius 1 is 1.10 bits per heavy atom. The number of rotatable bonds is 5. The molecule has 9 heteroatoms. The van der Waals surface area contributed by atoms with Gasteiger partial charge in [0.1, 0.15) is 5.75 Å². The van der Waals surface area contributed by atoms with Crippen LogP contribution in [0.3, 0.4) is 0 Å². The van der Waals surface area contributed by atoms with Gasteiger partial charge in [-0.2, -0.15) is 8.78 Å². The van der Waals surface area contributed by atoms with Crippen molar-refractivity contribution >= 4 is 50.4 Å². The van der Waals surface area contributed by atoms with E-state index in [2.05, 4.69) is 9.64 Å². The summed E-state index contributed by atoms with van der Waals surface area (Å²) < 4.78 is 32.2. The molecule has 1 aliphatic rings. The molecule has 0 spiro atoms. The molecule has 3 aromatic rings. The molecule has 1 aromatic carbocycles. The summed E-state index contributed by atoms with van der Waals surface area (Å²) in [6.07, 6.45) is 0.851. The molecule has 0 aliphatic carbocycles. The fourth-order valence-corrected chi connectivity index (χ4v) is 5.52. The van der Waals surface area contributed by atoms with Crippen LogP contribution in [0.4, 0.5) is 8.78 Å². The third-order valence-electron chi connectivity index (χ3n) is 4.81. The van der Waals surface area contributed by atoms with Crippen LogP contribution in [-0.2, 0) is 6.54 Å². The van der Waals surface area contributed by atoms with E-state index in [0.29, 0.717) is 26.2 Å². The third-order valence-corrected chi connectivity index (χ3v) is 6.89. The minimum Gasteiger partial charge on any atom is -0.434 e. The van der Waals surface area contributed by atoms with Gasteiger partial charge in [-0.1, -0.05) is 18.2 Å². The van der Waals surface area contributed by atoms with Gasteiger partial charge in [0.2, 0.25) is 0 Å². The van der Waals surface area contributed by atoms with Crippen molar-refractivity contribution in [1.82, 2.24) is 9.80 Å². The minimum atomic E-state index is -2.83. The summed E-state index contributed by atoms with van der Waals surface area (Å²) in [5.41, 5.74) is 0.737. The number of alkyl halides is 2. The number of carbonyl (C=O) groups is 1. The fraction of sp³-hybridized carbons (Fsp3) is 0.350. The maximum Gasteiger partial charge on any atom is 0.387 e. The summed E-state index contributed by atoms with van der Waals surface area (Å²) in [5.74, 6) is 0.296. The zero-order valence-corrected chi connectivity index (χ0v) is 18.0. The van der Waals surface area contributed by atoms with Crippen LogP contribution in [0.5, 0.6) is 5.75 Å². The molecule has 0 N–H and O–H groups in total. The number of halogens is 3. The number of ether oxygens (including phenoxy) is 1. The van der Waals surface area contributed by atoms with Gasteiger partial charge in [0.25, 0.3) is 5.91 Å². The van der Waals surface area contributed by atoms with Crippen LogP contribution in [0.1, 0.15) is 21.7 Å². The zero-order chi connectivity index (χ0) is 19.5. The first kappa shape index (κ1) is 22.0. The van der Waals surface area contributed by atoms with Crippen LogP contribution in [-0.4, -0.2) is 48.5 Å². The van der Waals surface area contributed by atoms with Crippen LogP contribution in [0.25, 0.3) is 9.40 Å². The van der Waals surface area contributed by atoms with Crippen LogP contribution < -0.4 is 4.74 Å². The lowest BCUT2D eigenvalue weighted by Crippen LogP contribution is -2.34. The summed E-state index contributed by atoms with van der Waals surface area (Å²) in [6.45, 7) is 0.539. The normalized spacial score (nSPS) is 15.3. The molecule has 0 bridgehead atoms. The van der Waals surface area contributed by atoms with Gasteiger partial charge >= 0.3 is 6.61 Å². The molecular formula is C20H21ClF2N2O2S2. The van der Waals surface area contributed by atoms with Gasteiger partial charge in [-0.05, 0) is 30.0 Å². The minimum absolute atomic E-state index is 0. The Morgan fingerprint density at radius 2 is 1.93 bits per heavy atom. The largest absolute Gasteiger partial charge is 0.434 e. The predicted molar refractivity (Wildman–Crippen MR) is 116 cm³/mol. The first-order valence-electron chi connectivity index (χ1n) is 9.11. The molecule has 29 heavy (non-hydrogen) atoms. The van der Waals surface area contributed by atoms with Crippen molar-refractivity contribution in [2.45, 2.75) is 19.6 Å². The second kappa shape index (κ2) is 9.84. The predicted octanol–water partition coefficient (Wildman–Crippen LogP) is 5.33. The highest BCUT2D eigenvalue weighted by Crippen LogP contribution is 2.31. The molecule has 1 fully saturated rings. The molecule has 4 rings (SSSR count). The monoisotopic (exact) mass is 458 g/mol. The Hall–Kier alpha value is -1.74. The molecule has 4 nitrogen and oxygen atoms in total. The fourth-order valence-electron chi connectivity index (χ4n) is 3.45. The lowest BCUT2D eigenvalue weighted by Gasteiger charge is -2.22. The Bertz CT molecular complexity index is 934. The number of hydrogen-bond donors (Lipinski definition) is 0. The Labute approximate surface area is 182 Å². The molecule has 0 unspecified atom stereocenters. The first-order valence-corrected chi connectivity index (χ1v) is 10.8. The summed E-state index contributed by atoms with van der Waals surface area (Å²) in [7, 11) is 0. The van der Waals surface area contributed by atoms with Gasteiger partial charge < -0.3 is 9.64 Å². The lowest BCUT2D eigenvalue weighted by atomic mass is 10.2. The number of carbonyl (C=O) groups excluding carboxylic acids is 1. The van der Waals surface area contributed by atoms with Crippen molar-refractivity contribution in [2.24, 2.45) is 0 Å². The van der Waals surface area contributed by atoms with Gasteiger partial charge in [0.05, 0.1) is 4.88 Å². The van der Waals surface area contributed by atoms with E-state index in [-0.39, 0.29) is 24.1 Å². The van der Waals surface area contributed by atoms with Crippen molar-refractivity contribution < 1.29 is 18.3 Å². The number of hydrogen-bond acceptors (Lipinski definition) is 5. The highest BCUT2D eigenvalue weighted by Gasteiger charge is 2.23. The summed E-state index contributed by atoms with van der Waals surface area (Å²) in [6, 6.07) is 10.9. The maximum absolute atomic E-state index is 12.9. The Morgan fingerprint density at radius 3 is 2.72 bits per heavy atom. The summed E-state index contributed by atoms with van der Waals surface area (Å²) in [5, 5.41) is 2.04. The van der Waals surface area contributed by atoms with Gasteiger partial charge in [-0.25, -0.2) is 0 Å². The van der Waals surface area contributed by atoms with Gasteiger partial charge in [-0.15, -0.1) is 35.1 Å². The Balaban J connectivity index is 0.00000240. The average molecular weight is 459 g/mol. The number of fused-ring (bicyclic) bond motifs is 1. The van der Waals surface area contributed by atoms with Crippen molar-refractivity contribution in [3.8, 4) is 5.75 Å². The SMILES string of the molecule is Cl.O=C(c1cc2sccc2s1)N1CCCN(Cc2ccccc2OC(F)F)CC1. The van der Waals surface area contributed by atoms with Crippen molar-refractivity contribution in [3.05, 3.63) is 52.2 Å². The first-order chi connectivity index (χ1) is 13.6. The number of benzene rings is 1. The van der Waals surface area contributed by atoms with E-state index in [9.17, 15) is 13.6 Å². The molecule has 1 aliphatic heterocycles. The van der Waals surface area contributed by atoms with Crippen LogP contribution in [0.15, 0.2) is 41.8 Å². The van der Waals surface area contributed by atoms with E-state index in [1.807, 2.05) is 34.5 Å². The number of thiophene rings is 2. The van der Waals surface area contributed by atoms with E-state index in [1.165, 1.54) is 0 Å². The van der Waals surface area contributed by atoms with Crippen LogP contribution in [0.2, 0.25) is 0 Å². The number of amides is 1. The third kappa shape index (κ3) is 5.25. The van der Waals surface area contributed by atoms with E-state index in [0.717, 1.165) is 32.8 Å². The average Bonchev–Trinajstić information content (AvgIpc) is 3.19. The molecule has 0 saturated carbocycles. The van der Waals surface area contributed by atoms with Crippen molar-refractivity contribution in [2.75, 3.05) is 26.2 Å². The van der Waals surface area contributed by atoms with Gasteiger partial charge in [-0.3, -0.25) is 9.69 Å². The summed E-state index contributed by atoms with van der Waals surface area (Å²) >= 11 is 3.19. The standard InChI is InChI=1S/C20H20F2N2O2S2.ClH/c21-20(22)26-15-5-2-1-4-14(15)13-23-7-3-8-24(10-9-23)19(25)18-12-17-16(28-18)6-11-27-17;/h1-2,4-6,11-12,20H,3,7-10,13H2;1H.